The van der Waals surface area contributed by atoms with Crippen molar-refractivity contribution in [2.75, 3.05) is 0 Å². The highest BCUT2D eigenvalue weighted by Gasteiger charge is 2.41. The predicted molar refractivity (Wildman–Crippen MR) is 95.6 cm³/mol. The fraction of sp³-hybridized carbons (Fsp3) is 0.150. The van der Waals surface area contributed by atoms with E-state index in [1.165, 1.54) is 6.07 Å². The Hall–Kier alpha value is -2.86. The Labute approximate surface area is 158 Å². The first-order valence-electron chi connectivity index (χ1n) is 8.41. The number of nitrogens with zero attached hydrogens (tertiary/aromatic N) is 2. The summed E-state index contributed by atoms with van der Waals surface area (Å²) in [6, 6.07) is 12.6. The lowest BCUT2D eigenvalue weighted by atomic mass is 9.97. The van der Waals surface area contributed by atoms with Crippen molar-refractivity contribution in [2.45, 2.75) is 18.7 Å². The number of hydrogen-bond donors (Lipinski definition) is 0. The Morgan fingerprint density at radius 3 is 2.74 bits per heavy atom. The number of rotatable bonds is 2. The van der Waals surface area contributed by atoms with Crippen LogP contribution in [0.5, 0.6) is 5.75 Å². The van der Waals surface area contributed by atoms with E-state index in [4.69, 9.17) is 20.8 Å². The zero-order valence-corrected chi connectivity index (χ0v) is 14.7. The van der Waals surface area contributed by atoms with E-state index in [1.54, 1.807) is 29.5 Å². The van der Waals surface area contributed by atoms with Crippen LogP contribution in [-0.2, 0) is 0 Å². The van der Waals surface area contributed by atoms with Crippen molar-refractivity contribution in [3.63, 3.8) is 0 Å². The van der Waals surface area contributed by atoms with Crippen LogP contribution in [0.3, 0.4) is 0 Å². The van der Waals surface area contributed by atoms with Crippen LogP contribution in [0.2, 0.25) is 5.02 Å². The van der Waals surface area contributed by atoms with E-state index >= 15 is 0 Å². The zero-order valence-electron chi connectivity index (χ0n) is 13.9. The lowest BCUT2D eigenvalue weighted by molar-refractivity contribution is -0.0192. The Morgan fingerprint density at radius 1 is 1.07 bits per heavy atom. The molecule has 3 aromatic rings. The number of ether oxygens (including phenoxy) is 1. The van der Waals surface area contributed by atoms with Crippen molar-refractivity contribution >= 4 is 17.3 Å². The molecule has 2 aromatic carbocycles. The van der Waals surface area contributed by atoms with E-state index in [9.17, 15) is 8.78 Å². The molecule has 3 heterocycles. The van der Waals surface area contributed by atoms with E-state index < -0.39 is 17.9 Å². The van der Waals surface area contributed by atoms with Gasteiger partial charge in [0.25, 0.3) is 0 Å². The maximum absolute atomic E-state index is 13.8. The molecule has 7 heteroatoms. The summed E-state index contributed by atoms with van der Waals surface area (Å²) in [6.45, 7) is 0. The number of furan rings is 1. The number of fused-ring (bicyclic) bond motifs is 3. The smallest absolute Gasteiger partial charge is 0.213 e. The molecule has 1 aromatic heterocycles. The summed E-state index contributed by atoms with van der Waals surface area (Å²) in [5.74, 6) is -0.522. The van der Waals surface area contributed by atoms with Gasteiger partial charge >= 0.3 is 0 Å². The van der Waals surface area contributed by atoms with Crippen LogP contribution in [0.25, 0.3) is 0 Å². The fourth-order valence-electron chi connectivity index (χ4n) is 3.54. The average molecular weight is 387 g/mol. The summed E-state index contributed by atoms with van der Waals surface area (Å²) in [5, 5.41) is 7.01. The number of hydrogen-bond acceptors (Lipinski definition) is 4. The van der Waals surface area contributed by atoms with Crippen molar-refractivity contribution in [3.05, 3.63) is 88.3 Å². The van der Waals surface area contributed by atoms with Crippen LogP contribution < -0.4 is 4.74 Å². The van der Waals surface area contributed by atoms with Gasteiger partial charge in [-0.25, -0.2) is 13.8 Å². The molecule has 0 saturated heterocycles. The first kappa shape index (κ1) is 16.3. The molecule has 136 valence electrons. The standard InChI is InChI=1S/C20H13ClF2N2O2/c21-12-4-6-18-13(9-12)17-10-16(19-2-1-7-26-19)24-25(17)20(27-18)11-3-5-14(22)15(23)8-11/h1-9,17,20H,10H2/t17-,20-/m0/s1. The lowest BCUT2D eigenvalue weighted by Crippen LogP contribution is -2.33. The second-order valence-electron chi connectivity index (χ2n) is 6.45. The largest absolute Gasteiger partial charge is 0.464 e. The van der Waals surface area contributed by atoms with Gasteiger partial charge in [-0.05, 0) is 42.5 Å². The minimum Gasteiger partial charge on any atom is -0.464 e. The molecule has 5 rings (SSSR count). The van der Waals surface area contributed by atoms with E-state index in [-0.39, 0.29) is 6.04 Å². The minimum atomic E-state index is -0.927. The summed E-state index contributed by atoms with van der Waals surface area (Å²) >= 11 is 6.17. The van der Waals surface area contributed by atoms with Crippen LogP contribution in [0.1, 0.15) is 35.6 Å². The molecule has 2 aliphatic heterocycles. The van der Waals surface area contributed by atoms with Gasteiger partial charge in [0.15, 0.2) is 11.6 Å². The normalized spacial score (nSPS) is 20.7. The SMILES string of the molecule is Fc1ccc([C@@H]2Oc3ccc(Cl)cc3[C@@H]3CC(c4ccco4)=NN32)cc1F. The molecule has 2 atom stereocenters. The molecule has 0 unspecified atom stereocenters. The molecule has 0 amide bonds. The van der Waals surface area contributed by atoms with Gasteiger partial charge in [0.2, 0.25) is 6.23 Å². The Balaban J connectivity index is 1.62. The molecule has 27 heavy (non-hydrogen) atoms. The van der Waals surface area contributed by atoms with Gasteiger partial charge in [0.1, 0.15) is 17.2 Å². The zero-order chi connectivity index (χ0) is 18.5. The molecule has 0 fully saturated rings. The molecule has 0 radical (unpaired) electrons. The third-order valence-corrected chi connectivity index (χ3v) is 5.02. The van der Waals surface area contributed by atoms with Crippen LogP contribution >= 0.6 is 11.6 Å². The minimum absolute atomic E-state index is 0.148. The van der Waals surface area contributed by atoms with Gasteiger partial charge in [-0.3, -0.25) is 0 Å². The quantitative estimate of drug-likeness (QED) is 0.587. The molecular formula is C20H13ClF2N2O2. The van der Waals surface area contributed by atoms with Crippen molar-refractivity contribution in [1.29, 1.82) is 0 Å². The van der Waals surface area contributed by atoms with Gasteiger partial charge in [-0.2, -0.15) is 5.10 Å². The lowest BCUT2D eigenvalue weighted by Gasteiger charge is -2.38. The first-order chi connectivity index (χ1) is 13.1. The maximum Gasteiger partial charge on any atom is 0.213 e. The second-order valence-corrected chi connectivity index (χ2v) is 6.89. The third-order valence-electron chi connectivity index (χ3n) is 4.79. The molecule has 0 saturated carbocycles. The van der Waals surface area contributed by atoms with Crippen LogP contribution in [0.4, 0.5) is 8.78 Å². The number of hydrazone groups is 1. The third kappa shape index (κ3) is 2.68. The summed E-state index contributed by atoms with van der Waals surface area (Å²) in [5.41, 5.74) is 2.13. The Morgan fingerprint density at radius 2 is 1.96 bits per heavy atom. The summed E-state index contributed by atoms with van der Waals surface area (Å²) in [6.07, 6.45) is 1.49. The van der Waals surface area contributed by atoms with Crippen molar-refractivity contribution in [3.8, 4) is 5.75 Å². The second kappa shape index (κ2) is 6.09. The highest BCUT2D eigenvalue weighted by atomic mass is 35.5. The highest BCUT2D eigenvalue weighted by Crippen LogP contribution is 2.48. The van der Waals surface area contributed by atoms with E-state index in [0.717, 1.165) is 23.4 Å². The van der Waals surface area contributed by atoms with E-state index in [2.05, 4.69) is 5.10 Å². The van der Waals surface area contributed by atoms with Gasteiger partial charge in [-0.15, -0.1) is 0 Å². The summed E-state index contributed by atoms with van der Waals surface area (Å²) in [7, 11) is 0. The topological polar surface area (TPSA) is 38.0 Å². The average Bonchev–Trinajstić information content (AvgIpc) is 3.33. The van der Waals surface area contributed by atoms with Gasteiger partial charge in [0, 0.05) is 22.6 Å². The molecule has 0 N–H and O–H groups in total. The van der Waals surface area contributed by atoms with Crippen LogP contribution in [0, 0.1) is 11.6 Å². The molecular weight excluding hydrogens is 374 g/mol. The number of benzene rings is 2. The van der Waals surface area contributed by atoms with Gasteiger partial charge < -0.3 is 9.15 Å². The Bertz CT molecular complexity index is 1050. The maximum atomic E-state index is 13.8. The van der Waals surface area contributed by atoms with Crippen molar-refractivity contribution in [2.24, 2.45) is 5.10 Å². The monoisotopic (exact) mass is 386 g/mol. The summed E-state index contributed by atoms with van der Waals surface area (Å²) < 4.78 is 38.8. The van der Waals surface area contributed by atoms with Crippen LogP contribution in [0.15, 0.2) is 64.3 Å². The first-order valence-corrected chi connectivity index (χ1v) is 8.79. The fourth-order valence-corrected chi connectivity index (χ4v) is 3.72. The van der Waals surface area contributed by atoms with Gasteiger partial charge in [-0.1, -0.05) is 17.7 Å². The van der Waals surface area contributed by atoms with Crippen LogP contribution in [-0.4, -0.2) is 10.7 Å². The highest BCUT2D eigenvalue weighted by molar-refractivity contribution is 6.30. The number of halogens is 3. The van der Waals surface area contributed by atoms with Crippen molar-refractivity contribution < 1.29 is 17.9 Å². The predicted octanol–water partition coefficient (Wildman–Crippen LogP) is 5.45. The molecule has 0 spiro atoms. The van der Waals surface area contributed by atoms with E-state index in [0.29, 0.717) is 28.5 Å². The Kier molecular flexibility index (Phi) is 3.68. The molecule has 0 aliphatic carbocycles. The van der Waals surface area contributed by atoms with E-state index in [1.807, 2.05) is 12.1 Å². The molecule has 0 bridgehead atoms. The van der Waals surface area contributed by atoms with Crippen molar-refractivity contribution in [1.82, 2.24) is 5.01 Å². The molecule has 2 aliphatic rings. The summed E-state index contributed by atoms with van der Waals surface area (Å²) in [4.78, 5) is 0. The van der Waals surface area contributed by atoms with Gasteiger partial charge in [0.05, 0.1) is 12.3 Å². The molecule has 4 nitrogen and oxygen atoms in total.